The topological polar surface area (TPSA) is 21.3 Å². The first-order valence-corrected chi connectivity index (χ1v) is 6.77. The predicted octanol–water partition coefficient (Wildman–Crippen LogP) is 3.46. The van der Waals surface area contributed by atoms with Crippen molar-refractivity contribution < 1.29 is 4.74 Å². The maximum absolute atomic E-state index is 5.90. The van der Waals surface area contributed by atoms with Crippen molar-refractivity contribution in [2.24, 2.45) is 0 Å². The number of ether oxygens (including phenoxy) is 1. The van der Waals surface area contributed by atoms with Crippen LogP contribution in [0.4, 0.5) is 0 Å². The Morgan fingerprint density at radius 3 is 2.88 bits per heavy atom. The van der Waals surface area contributed by atoms with Crippen LogP contribution in [0.25, 0.3) is 0 Å². The van der Waals surface area contributed by atoms with Gasteiger partial charge in [-0.15, -0.1) is 0 Å². The van der Waals surface area contributed by atoms with Gasteiger partial charge in [-0.1, -0.05) is 32.4 Å². The molecular formula is C15H23NO. The van der Waals surface area contributed by atoms with E-state index in [1.54, 1.807) is 0 Å². The van der Waals surface area contributed by atoms with Gasteiger partial charge in [0.15, 0.2) is 0 Å². The second-order valence-electron chi connectivity index (χ2n) is 4.90. The number of benzene rings is 1. The van der Waals surface area contributed by atoms with Gasteiger partial charge in [0.25, 0.3) is 0 Å². The lowest BCUT2D eigenvalue weighted by atomic mass is 9.94. The Bertz CT molecular complexity index is 375. The van der Waals surface area contributed by atoms with Crippen LogP contribution in [0.1, 0.15) is 50.8 Å². The molecule has 0 radical (unpaired) electrons. The van der Waals surface area contributed by atoms with Gasteiger partial charge in [-0.05, 0) is 31.5 Å². The standard InChI is InChI=1S/C15H23NO/c1-4-6-12-7-8-15-13(10-12)14(16-5-2)9-11(3)17-15/h7-8,10-11,14,16H,4-6,9H2,1-3H3. The normalized spacial score (nSPS) is 23.0. The Morgan fingerprint density at radius 1 is 1.35 bits per heavy atom. The molecule has 1 aromatic rings. The van der Waals surface area contributed by atoms with E-state index < -0.39 is 0 Å². The van der Waals surface area contributed by atoms with Gasteiger partial charge in [-0.2, -0.15) is 0 Å². The van der Waals surface area contributed by atoms with Crippen LogP contribution in [0.3, 0.4) is 0 Å². The quantitative estimate of drug-likeness (QED) is 0.860. The first kappa shape index (κ1) is 12.4. The maximum atomic E-state index is 5.90. The van der Waals surface area contributed by atoms with Gasteiger partial charge < -0.3 is 10.1 Å². The SMILES string of the molecule is CCCc1ccc2c(c1)C(NCC)CC(C)O2. The number of hydrogen-bond acceptors (Lipinski definition) is 2. The third-order valence-electron chi connectivity index (χ3n) is 3.33. The molecule has 1 heterocycles. The van der Waals surface area contributed by atoms with Crippen LogP contribution in [-0.2, 0) is 6.42 Å². The largest absolute Gasteiger partial charge is 0.490 e. The van der Waals surface area contributed by atoms with Gasteiger partial charge >= 0.3 is 0 Å². The molecule has 0 amide bonds. The first-order chi connectivity index (χ1) is 8.24. The first-order valence-electron chi connectivity index (χ1n) is 6.77. The van der Waals surface area contributed by atoms with Gasteiger partial charge in [-0.3, -0.25) is 0 Å². The van der Waals surface area contributed by atoms with Crippen LogP contribution < -0.4 is 10.1 Å². The van der Waals surface area contributed by atoms with Crippen LogP contribution in [0.2, 0.25) is 0 Å². The fraction of sp³-hybridized carbons (Fsp3) is 0.600. The number of aryl methyl sites for hydroxylation is 1. The summed E-state index contributed by atoms with van der Waals surface area (Å²) in [5.74, 6) is 1.06. The molecule has 2 unspecified atom stereocenters. The van der Waals surface area contributed by atoms with Crippen molar-refractivity contribution in [1.82, 2.24) is 5.32 Å². The summed E-state index contributed by atoms with van der Waals surface area (Å²) in [6.07, 6.45) is 3.73. The predicted molar refractivity (Wildman–Crippen MR) is 71.6 cm³/mol. The average Bonchev–Trinajstić information content (AvgIpc) is 2.30. The van der Waals surface area contributed by atoms with Crippen molar-refractivity contribution in [2.75, 3.05) is 6.54 Å². The molecule has 17 heavy (non-hydrogen) atoms. The van der Waals surface area contributed by atoms with Gasteiger partial charge in [-0.25, -0.2) is 0 Å². The molecule has 1 N–H and O–H groups in total. The zero-order valence-corrected chi connectivity index (χ0v) is 11.1. The van der Waals surface area contributed by atoms with E-state index in [9.17, 15) is 0 Å². The number of nitrogens with one attached hydrogen (secondary N) is 1. The Labute approximate surface area is 104 Å². The molecule has 0 saturated heterocycles. The zero-order chi connectivity index (χ0) is 12.3. The lowest BCUT2D eigenvalue weighted by Crippen LogP contribution is -2.31. The van der Waals surface area contributed by atoms with E-state index in [-0.39, 0.29) is 0 Å². The molecule has 0 aromatic heterocycles. The summed E-state index contributed by atoms with van der Waals surface area (Å²) in [4.78, 5) is 0. The summed E-state index contributed by atoms with van der Waals surface area (Å²) in [6, 6.07) is 7.11. The molecule has 0 aliphatic carbocycles. The summed E-state index contributed by atoms with van der Waals surface area (Å²) in [5.41, 5.74) is 2.77. The summed E-state index contributed by atoms with van der Waals surface area (Å²) in [7, 11) is 0. The van der Waals surface area contributed by atoms with Crippen molar-refractivity contribution >= 4 is 0 Å². The number of hydrogen-bond donors (Lipinski definition) is 1. The Kier molecular flexibility index (Phi) is 4.06. The Balaban J connectivity index is 2.28. The Morgan fingerprint density at radius 2 is 2.18 bits per heavy atom. The minimum Gasteiger partial charge on any atom is -0.490 e. The molecule has 1 aliphatic rings. The lowest BCUT2D eigenvalue weighted by Gasteiger charge is -2.31. The highest BCUT2D eigenvalue weighted by atomic mass is 16.5. The summed E-state index contributed by atoms with van der Waals surface area (Å²) in [6.45, 7) is 7.54. The fourth-order valence-corrected chi connectivity index (χ4v) is 2.59. The molecule has 2 rings (SSSR count). The van der Waals surface area contributed by atoms with E-state index >= 15 is 0 Å². The van der Waals surface area contributed by atoms with E-state index in [0.717, 1.165) is 25.1 Å². The highest BCUT2D eigenvalue weighted by molar-refractivity contribution is 5.41. The van der Waals surface area contributed by atoms with Crippen LogP contribution in [0, 0.1) is 0 Å². The van der Waals surface area contributed by atoms with Crippen molar-refractivity contribution in [3.05, 3.63) is 29.3 Å². The van der Waals surface area contributed by atoms with Crippen molar-refractivity contribution in [2.45, 2.75) is 52.2 Å². The van der Waals surface area contributed by atoms with Gasteiger partial charge in [0.1, 0.15) is 5.75 Å². The molecule has 2 atom stereocenters. The second-order valence-corrected chi connectivity index (χ2v) is 4.90. The molecule has 1 aliphatic heterocycles. The Hall–Kier alpha value is -1.02. The molecule has 94 valence electrons. The van der Waals surface area contributed by atoms with Crippen molar-refractivity contribution in [3.63, 3.8) is 0 Å². The van der Waals surface area contributed by atoms with E-state index in [2.05, 4.69) is 44.3 Å². The third kappa shape index (κ3) is 2.81. The zero-order valence-electron chi connectivity index (χ0n) is 11.1. The fourth-order valence-electron chi connectivity index (χ4n) is 2.59. The molecule has 2 heteroatoms. The second kappa shape index (κ2) is 5.54. The van der Waals surface area contributed by atoms with E-state index in [1.807, 2.05) is 0 Å². The summed E-state index contributed by atoms with van der Waals surface area (Å²) in [5, 5.41) is 3.56. The highest BCUT2D eigenvalue weighted by Gasteiger charge is 2.25. The van der Waals surface area contributed by atoms with E-state index in [0.29, 0.717) is 12.1 Å². The lowest BCUT2D eigenvalue weighted by molar-refractivity contribution is 0.167. The molecule has 0 saturated carbocycles. The molecule has 0 spiro atoms. The number of fused-ring (bicyclic) bond motifs is 1. The van der Waals surface area contributed by atoms with E-state index in [4.69, 9.17) is 4.74 Å². The van der Waals surface area contributed by atoms with Crippen molar-refractivity contribution in [1.29, 1.82) is 0 Å². The molecular weight excluding hydrogens is 210 g/mol. The average molecular weight is 233 g/mol. The summed E-state index contributed by atoms with van der Waals surface area (Å²) < 4.78 is 5.90. The van der Waals surface area contributed by atoms with Crippen LogP contribution in [-0.4, -0.2) is 12.6 Å². The van der Waals surface area contributed by atoms with Gasteiger partial charge in [0, 0.05) is 18.0 Å². The molecule has 2 nitrogen and oxygen atoms in total. The molecule has 0 bridgehead atoms. The van der Waals surface area contributed by atoms with Crippen molar-refractivity contribution in [3.8, 4) is 5.75 Å². The third-order valence-corrected chi connectivity index (χ3v) is 3.33. The van der Waals surface area contributed by atoms with Gasteiger partial charge in [0.05, 0.1) is 6.10 Å². The van der Waals surface area contributed by atoms with Crippen LogP contribution in [0.5, 0.6) is 5.75 Å². The van der Waals surface area contributed by atoms with Crippen LogP contribution >= 0.6 is 0 Å². The molecule has 1 aromatic carbocycles. The summed E-state index contributed by atoms with van der Waals surface area (Å²) >= 11 is 0. The van der Waals surface area contributed by atoms with Gasteiger partial charge in [0.2, 0.25) is 0 Å². The molecule has 0 fully saturated rings. The van der Waals surface area contributed by atoms with E-state index in [1.165, 1.54) is 17.5 Å². The maximum Gasteiger partial charge on any atom is 0.124 e. The minimum absolute atomic E-state index is 0.309. The number of rotatable bonds is 4. The highest BCUT2D eigenvalue weighted by Crippen LogP contribution is 2.35. The van der Waals surface area contributed by atoms with Crippen LogP contribution in [0.15, 0.2) is 18.2 Å². The smallest absolute Gasteiger partial charge is 0.124 e. The minimum atomic E-state index is 0.309. The monoisotopic (exact) mass is 233 g/mol.